The fourth-order valence-electron chi connectivity index (χ4n) is 2.17. The third kappa shape index (κ3) is 33.5. The van der Waals surface area contributed by atoms with E-state index in [4.69, 9.17) is 0 Å². The van der Waals surface area contributed by atoms with Crippen LogP contribution >= 0.6 is 0 Å². The first-order chi connectivity index (χ1) is 10.8. The zero-order chi connectivity index (χ0) is 18.1. The van der Waals surface area contributed by atoms with E-state index in [-0.39, 0.29) is 40.1 Å². The zero-order valence-corrected chi connectivity index (χ0v) is 20.0. The van der Waals surface area contributed by atoms with Crippen LogP contribution in [-0.4, -0.2) is 39.2 Å². The summed E-state index contributed by atoms with van der Waals surface area (Å²) in [4.78, 5) is 20.0. The second kappa shape index (κ2) is 20.9. The van der Waals surface area contributed by atoms with Crippen molar-refractivity contribution in [1.29, 1.82) is 0 Å². The summed E-state index contributed by atoms with van der Waals surface area (Å²) >= 11 is 0. The van der Waals surface area contributed by atoms with Gasteiger partial charge in [-0.3, -0.25) is 0 Å². The number of carbonyl (C=O) groups is 2. The average Bonchev–Trinajstić information content (AvgIpc) is 2.41. The van der Waals surface area contributed by atoms with Gasteiger partial charge in [0.1, 0.15) is 0 Å². The maximum atomic E-state index is 10.0. The van der Waals surface area contributed by atoms with E-state index >= 15 is 0 Å². The third-order valence-corrected chi connectivity index (χ3v) is 3.57. The SMILES string of the molecule is CC(C)CCCCCC(=O)[O-].CC(C)CCCCCCC(=O)[O-].[Pb+2]. The maximum Gasteiger partial charge on any atom is 2.00 e. The summed E-state index contributed by atoms with van der Waals surface area (Å²) in [6.07, 6.45) is 10.0. The Labute approximate surface area is 169 Å². The Morgan fingerprint density at radius 1 is 0.625 bits per heavy atom. The van der Waals surface area contributed by atoms with Gasteiger partial charge in [-0.1, -0.05) is 72.6 Å². The molecular formula is C19H36O4Pb. The monoisotopic (exact) mass is 536 g/mol. The first-order valence-electron chi connectivity index (χ1n) is 9.15. The minimum Gasteiger partial charge on any atom is -0.550 e. The summed E-state index contributed by atoms with van der Waals surface area (Å²) in [6, 6.07) is 0. The van der Waals surface area contributed by atoms with E-state index in [2.05, 4.69) is 27.7 Å². The Kier molecular flexibility index (Phi) is 25.0. The van der Waals surface area contributed by atoms with Gasteiger partial charge in [-0.2, -0.15) is 0 Å². The van der Waals surface area contributed by atoms with Crippen molar-refractivity contribution in [2.24, 2.45) is 11.8 Å². The van der Waals surface area contributed by atoms with E-state index in [1.165, 1.54) is 19.3 Å². The number of carboxylic acid groups (broad SMARTS) is 2. The van der Waals surface area contributed by atoms with Crippen molar-refractivity contribution < 1.29 is 19.8 Å². The Morgan fingerprint density at radius 3 is 1.21 bits per heavy atom. The summed E-state index contributed by atoms with van der Waals surface area (Å²) in [5, 5.41) is 20.0. The predicted octanol–water partition coefficient (Wildman–Crippen LogP) is 2.69. The Morgan fingerprint density at radius 2 is 0.917 bits per heavy atom. The first kappa shape index (κ1) is 28.7. The van der Waals surface area contributed by atoms with Gasteiger partial charge in [0, 0.05) is 11.9 Å². The van der Waals surface area contributed by atoms with E-state index < -0.39 is 11.9 Å². The van der Waals surface area contributed by atoms with E-state index in [0.717, 1.165) is 50.4 Å². The van der Waals surface area contributed by atoms with Crippen molar-refractivity contribution >= 4 is 39.2 Å². The summed E-state index contributed by atoms with van der Waals surface area (Å²) in [6.45, 7) is 8.78. The van der Waals surface area contributed by atoms with Gasteiger partial charge in [0.05, 0.1) is 0 Å². The molecule has 24 heavy (non-hydrogen) atoms. The van der Waals surface area contributed by atoms with Gasteiger partial charge in [0.25, 0.3) is 0 Å². The standard InChI is InChI=1S/C10H20O2.C9H18O2.Pb/c1-9(2)7-5-3-4-6-8-10(11)12;1-8(2)6-4-3-5-7-9(10)11;/h9H,3-8H2,1-2H3,(H,11,12);8H,3-7H2,1-2H3,(H,10,11);/q;;+2/p-2. The smallest absolute Gasteiger partial charge is 0.550 e. The van der Waals surface area contributed by atoms with Crippen molar-refractivity contribution in [3.8, 4) is 0 Å². The van der Waals surface area contributed by atoms with Crippen LogP contribution in [0.3, 0.4) is 0 Å². The van der Waals surface area contributed by atoms with Crippen LogP contribution in [-0.2, 0) is 9.59 Å². The van der Waals surface area contributed by atoms with Gasteiger partial charge in [-0.15, -0.1) is 0 Å². The zero-order valence-electron chi connectivity index (χ0n) is 16.1. The maximum absolute atomic E-state index is 10.0. The number of hydrogen-bond acceptors (Lipinski definition) is 4. The van der Waals surface area contributed by atoms with Crippen LogP contribution in [0, 0.1) is 11.8 Å². The Balaban J connectivity index is -0.000000354. The summed E-state index contributed by atoms with van der Waals surface area (Å²) in [5.41, 5.74) is 0. The third-order valence-electron chi connectivity index (χ3n) is 3.57. The molecule has 0 saturated heterocycles. The number of aliphatic carboxylic acids is 2. The van der Waals surface area contributed by atoms with Gasteiger partial charge < -0.3 is 19.8 Å². The topological polar surface area (TPSA) is 80.3 Å². The number of carboxylic acids is 2. The quantitative estimate of drug-likeness (QED) is 0.268. The summed E-state index contributed by atoms with van der Waals surface area (Å²) in [7, 11) is 0. The summed E-state index contributed by atoms with van der Waals surface area (Å²) < 4.78 is 0. The molecule has 0 spiro atoms. The second-order valence-corrected chi connectivity index (χ2v) is 7.08. The van der Waals surface area contributed by atoms with Crippen molar-refractivity contribution in [2.45, 2.75) is 98.3 Å². The van der Waals surface area contributed by atoms with Gasteiger partial charge in [-0.05, 0) is 37.5 Å². The molecule has 5 heteroatoms. The fraction of sp³-hybridized carbons (Fsp3) is 0.895. The molecule has 0 aliphatic heterocycles. The molecule has 0 aromatic rings. The molecule has 0 N–H and O–H groups in total. The van der Waals surface area contributed by atoms with Crippen molar-refractivity contribution in [1.82, 2.24) is 0 Å². The molecule has 0 atom stereocenters. The van der Waals surface area contributed by atoms with Crippen LogP contribution in [0.25, 0.3) is 0 Å². The minimum atomic E-state index is -0.922. The Bertz CT molecular complexity index is 291. The number of unbranched alkanes of at least 4 members (excludes halogenated alkanes) is 5. The van der Waals surface area contributed by atoms with Crippen LogP contribution in [0.15, 0.2) is 0 Å². The first-order valence-corrected chi connectivity index (χ1v) is 9.15. The molecule has 0 fully saturated rings. The molecule has 0 aliphatic carbocycles. The molecule has 2 radical (unpaired) electrons. The predicted molar refractivity (Wildman–Crippen MR) is 96.2 cm³/mol. The number of carbonyl (C=O) groups excluding carboxylic acids is 2. The molecule has 0 bridgehead atoms. The van der Waals surface area contributed by atoms with Crippen molar-refractivity contribution in [3.63, 3.8) is 0 Å². The van der Waals surface area contributed by atoms with E-state index in [9.17, 15) is 19.8 Å². The largest absolute Gasteiger partial charge is 2.00 e. The second-order valence-electron chi connectivity index (χ2n) is 7.08. The van der Waals surface area contributed by atoms with Crippen LogP contribution in [0.4, 0.5) is 0 Å². The molecule has 0 aromatic heterocycles. The molecule has 0 amide bonds. The molecule has 0 aromatic carbocycles. The van der Waals surface area contributed by atoms with E-state index in [0.29, 0.717) is 0 Å². The number of hydrogen-bond donors (Lipinski definition) is 0. The van der Waals surface area contributed by atoms with E-state index in [1.807, 2.05) is 0 Å². The van der Waals surface area contributed by atoms with Crippen LogP contribution < -0.4 is 10.2 Å². The molecule has 0 aliphatic rings. The minimum absolute atomic E-state index is 0. The molecule has 4 nitrogen and oxygen atoms in total. The van der Waals surface area contributed by atoms with Crippen molar-refractivity contribution in [2.75, 3.05) is 0 Å². The number of rotatable bonds is 13. The van der Waals surface area contributed by atoms with E-state index in [1.54, 1.807) is 0 Å². The van der Waals surface area contributed by atoms with Crippen LogP contribution in [0.5, 0.6) is 0 Å². The molecule has 0 unspecified atom stereocenters. The summed E-state index contributed by atoms with van der Waals surface area (Å²) in [5.74, 6) is -0.336. The van der Waals surface area contributed by atoms with Crippen LogP contribution in [0.2, 0.25) is 0 Å². The van der Waals surface area contributed by atoms with Gasteiger partial charge in [-0.25, -0.2) is 0 Å². The van der Waals surface area contributed by atoms with Gasteiger partial charge >= 0.3 is 27.3 Å². The van der Waals surface area contributed by atoms with Crippen molar-refractivity contribution in [3.05, 3.63) is 0 Å². The van der Waals surface area contributed by atoms with Gasteiger partial charge in [0.2, 0.25) is 0 Å². The van der Waals surface area contributed by atoms with Crippen LogP contribution in [0.1, 0.15) is 98.3 Å². The average molecular weight is 536 g/mol. The molecule has 0 rings (SSSR count). The fourth-order valence-corrected chi connectivity index (χ4v) is 2.17. The Hall–Kier alpha value is -0.138. The van der Waals surface area contributed by atoms with Gasteiger partial charge in [0.15, 0.2) is 0 Å². The normalized spacial score (nSPS) is 10.1. The molecule has 0 saturated carbocycles. The molecule has 140 valence electrons. The molecule has 0 heterocycles. The molecular weight excluding hydrogens is 499 g/mol.